The Morgan fingerprint density at radius 2 is 1.93 bits per heavy atom. The highest BCUT2D eigenvalue weighted by Gasteiger charge is 2.13. The van der Waals surface area contributed by atoms with Crippen molar-refractivity contribution < 1.29 is 9.84 Å². The number of imidazole rings is 1. The van der Waals surface area contributed by atoms with Gasteiger partial charge < -0.3 is 19.7 Å². The number of methoxy groups -OCH3 is 1. The molecule has 0 bridgehead atoms. The Bertz CT molecular complexity index is 1100. The highest BCUT2D eigenvalue weighted by molar-refractivity contribution is 6.30. The summed E-state index contributed by atoms with van der Waals surface area (Å²) in [4.78, 5) is 4.49. The summed E-state index contributed by atoms with van der Waals surface area (Å²) in [6, 6.07) is 21.5. The molecule has 2 N–H and O–H groups in total. The van der Waals surface area contributed by atoms with E-state index >= 15 is 0 Å². The Morgan fingerprint density at radius 1 is 1.11 bits per heavy atom. The maximum atomic E-state index is 10.1. The molecule has 0 aliphatic heterocycles. The second kappa shape index (κ2) is 8.02. The zero-order chi connectivity index (χ0) is 19.5. The van der Waals surface area contributed by atoms with E-state index in [1.54, 1.807) is 12.1 Å². The van der Waals surface area contributed by atoms with Crippen molar-refractivity contribution in [3.8, 4) is 0 Å². The van der Waals surface area contributed by atoms with Gasteiger partial charge in [0, 0.05) is 35.6 Å². The highest BCUT2D eigenvalue weighted by atomic mass is 35.5. The summed E-state index contributed by atoms with van der Waals surface area (Å²) in [5.41, 5.74) is 5.35. The van der Waals surface area contributed by atoms with Gasteiger partial charge in [-0.3, -0.25) is 0 Å². The van der Waals surface area contributed by atoms with E-state index in [9.17, 15) is 5.11 Å². The highest BCUT2D eigenvalue weighted by Crippen LogP contribution is 2.30. The molecule has 1 unspecified atom stereocenters. The molecule has 0 aliphatic carbocycles. The van der Waals surface area contributed by atoms with E-state index in [1.165, 1.54) is 12.7 Å². The Morgan fingerprint density at radius 3 is 2.71 bits per heavy atom. The van der Waals surface area contributed by atoms with Crippen molar-refractivity contribution in [2.24, 2.45) is 0 Å². The first-order valence-electron chi connectivity index (χ1n) is 8.90. The molecule has 1 heterocycles. The monoisotopic (exact) mass is 393 g/mol. The molecule has 28 heavy (non-hydrogen) atoms. The number of fused-ring (bicyclic) bond motifs is 1. The van der Waals surface area contributed by atoms with Crippen LogP contribution >= 0.6 is 11.6 Å². The average Bonchev–Trinajstić information content (AvgIpc) is 3.11. The van der Waals surface area contributed by atoms with Gasteiger partial charge in [-0.05, 0) is 42.0 Å². The van der Waals surface area contributed by atoms with E-state index in [1.807, 2.05) is 48.8 Å². The number of halogens is 1. The molecule has 3 aromatic carbocycles. The lowest BCUT2D eigenvalue weighted by Crippen LogP contribution is -2.04. The number of hydrogen-bond acceptors (Lipinski definition) is 4. The Hall–Kier alpha value is -2.86. The summed E-state index contributed by atoms with van der Waals surface area (Å²) in [5, 5.41) is 14.0. The van der Waals surface area contributed by atoms with Crippen LogP contribution in [0.15, 0.2) is 73.1 Å². The number of nitrogens with zero attached hydrogens (tertiary/aromatic N) is 2. The molecule has 0 aliphatic rings. The minimum Gasteiger partial charge on any atom is -0.364 e. The molecule has 0 saturated heterocycles. The van der Waals surface area contributed by atoms with Crippen molar-refractivity contribution in [1.82, 2.24) is 9.55 Å². The topological polar surface area (TPSA) is 59.3 Å². The molecule has 0 saturated carbocycles. The van der Waals surface area contributed by atoms with Crippen LogP contribution in [0, 0.1) is 0 Å². The number of nitrogens with one attached hydrogen (secondary N) is 1. The summed E-state index contributed by atoms with van der Waals surface area (Å²) >= 11 is 6.08. The molecule has 0 fully saturated rings. The van der Waals surface area contributed by atoms with Gasteiger partial charge in [0.1, 0.15) is 0 Å². The quantitative estimate of drug-likeness (QED) is 0.446. The van der Waals surface area contributed by atoms with Gasteiger partial charge in [-0.1, -0.05) is 41.9 Å². The lowest BCUT2D eigenvalue weighted by atomic mass is 10.1. The number of anilines is 2. The number of rotatable bonds is 6. The zero-order valence-corrected chi connectivity index (χ0v) is 16.1. The third-order valence-electron chi connectivity index (χ3n) is 4.60. The third kappa shape index (κ3) is 3.87. The van der Waals surface area contributed by atoms with Crippen LogP contribution in [0.25, 0.3) is 11.0 Å². The fourth-order valence-electron chi connectivity index (χ4n) is 3.17. The first kappa shape index (κ1) is 18.5. The number of benzene rings is 3. The Kier molecular flexibility index (Phi) is 5.30. The molecule has 1 atom stereocenters. The summed E-state index contributed by atoms with van der Waals surface area (Å²) in [5.74, 6) is 0. The van der Waals surface area contributed by atoms with Gasteiger partial charge in [0.2, 0.25) is 0 Å². The standard InChI is InChI=1S/C22H20ClN3O2/c1-28-22(27)18-11-16(23)7-9-19(18)25-17-8-10-20-21(12-17)26(14-24-20)13-15-5-3-2-4-6-15/h2-12,14,22,25,27H,13H2,1H3. The predicted octanol–water partition coefficient (Wildman–Crippen LogP) is 5.12. The van der Waals surface area contributed by atoms with Crippen molar-refractivity contribution in [3.05, 3.63) is 89.2 Å². The second-order valence-corrected chi connectivity index (χ2v) is 6.94. The zero-order valence-electron chi connectivity index (χ0n) is 15.3. The van der Waals surface area contributed by atoms with Crippen molar-refractivity contribution in [3.63, 3.8) is 0 Å². The number of aliphatic hydroxyl groups is 1. The van der Waals surface area contributed by atoms with E-state index in [-0.39, 0.29) is 0 Å². The number of ether oxygens (including phenoxy) is 1. The normalized spacial score (nSPS) is 12.2. The van der Waals surface area contributed by atoms with Gasteiger partial charge in [-0.2, -0.15) is 0 Å². The van der Waals surface area contributed by atoms with E-state index in [0.29, 0.717) is 10.6 Å². The van der Waals surface area contributed by atoms with Gasteiger partial charge in [0.15, 0.2) is 6.29 Å². The van der Waals surface area contributed by atoms with Gasteiger partial charge in [-0.25, -0.2) is 4.98 Å². The van der Waals surface area contributed by atoms with E-state index in [2.05, 4.69) is 27.0 Å². The molecular formula is C22H20ClN3O2. The first-order chi connectivity index (χ1) is 13.6. The molecule has 0 spiro atoms. The van der Waals surface area contributed by atoms with Crippen LogP contribution in [-0.4, -0.2) is 21.8 Å². The third-order valence-corrected chi connectivity index (χ3v) is 4.83. The molecule has 6 heteroatoms. The lowest BCUT2D eigenvalue weighted by Gasteiger charge is -2.16. The maximum Gasteiger partial charge on any atom is 0.182 e. The molecule has 5 nitrogen and oxygen atoms in total. The van der Waals surface area contributed by atoms with Crippen molar-refractivity contribution in [2.45, 2.75) is 12.8 Å². The molecule has 1 aromatic heterocycles. The maximum absolute atomic E-state index is 10.1. The summed E-state index contributed by atoms with van der Waals surface area (Å²) < 4.78 is 7.17. The minimum absolute atomic E-state index is 0.535. The molecular weight excluding hydrogens is 374 g/mol. The van der Waals surface area contributed by atoms with Crippen LogP contribution in [0.1, 0.15) is 17.4 Å². The van der Waals surface area contributed by atoms with Crippen LogP contribution < -0.4 is 5.32 Å². The molecule has 4 rings (SSSR count). The van der Waals surface area contributed by atoms with Crippen molar-refractivity contribution in [1.29, 1.82) is 0 Å². The second-order valence-electron chi connectivity index (χ2n) is 6.51. The number of hydrogen-bond donors (Lipinski definition) is 2. The lowest BCUT2D eigenvalue weighted by molar-refractivity contribution is -0.0764. The van der Waals surface area contributed by atoms with Crippen LogP contribution in [0.5, 0.6) is 0 Å². The number of aromatic nitrogens is 2. The van der Waals surface area contributed by atoms with Gasteiger partial charge >= 0.3 is 0 Å². The molecule has 0 radical (unpaired) electrons. The van der Waals surface area contributed by atoms with Crippen LogP contribution in [0.3, 0.4) is 0 Å². The largest absolute Gasteiger partial charge is 0.364 e. The van der Waals surface area contributed by atoms with Crippen LogP contribution in [-0.2, 0) is 11.3 Å². The van der Waals surface area contributed by atoms with Crippen LogP contribution in [0.2, 0.25) is 5.02 Å². The predicted molar refractivity (Wildman–Crippen MR) is 112 cm³/mol. The smallest absolute Gasteiger partial charge is 0.182 e. The SMILES string of the molecule is COC(O)c1cc(Cl)ccc1Nc1ccc2ncn(Cc3ccccc3)c2c1. The van der Waals surface area contributed by atoms with E-state index < -0.39 is 6.29 Å². The fraction of sp³-hybridized carbons (Fsp3) is 0.136. The van der Waals surface area contributed by atoms with Gasteiger partial charge in [-0.15, -0.1) is 0 Å². The van der Waals surface area contributed by atoms with Crippen LogP contribution in [0.4, 0.5) is 11.4 Å². The van der Waals surface area contributed by atoms with Crippen molar-refractivity contribution >= 4 is 34.0 Å². The number of aliphatic hydroxyl groups excluding tert-OH is 1. The molecule has 0 amide bonds. The molecule has 142 valence electrons. The molecule has 4 aromatic rings. The Balaban J connectivity index is 1.66. The van der Waals surface area contributed by atoms with E-state index in [4.69, 9.17) is 16.3 Å². The first-order valence-corrected chi connectivity index (χ1v) is 9.28. The summed E-state index contributed by atoms with van der Waals surface area (Å²) in [7, 11) is 1.45. The van der Waals surface area contributed by atoms with Gasteiger partial charge in [0.25, 0.3) is 0 Å². The van der Waals surface area contributed by atoms with Crippen molar-refractivity contribution in [2.75, 3.05) is 12.4 Å². The minimum atomic E-state index is -1.06. The summed E-state index contributed by atoms with van der Waals surface area (Å²) in [6.07, 6.45) is 0.789. The fourth-order valence-corrected chi connectivity index (χ4v) is 3.36. The summed E-state index contributed by atoms with van der Waals surface area (Å²) in [6.45, 7) is 0.745. The van der Waals surface area contributed by atoms with E-state index in [0.717, 1.165) is 29.0 Å². The van der Waals surface area contributed by atoms with Gasteiger partial charge in [0.05, 0.1) is 17.4 Å². The average molecular weight is 394 g/mol. The Labute approximate surface area is 168 Å².